The van der Waals surface area contributed by atoms with Crippen LogP contribution in [-0.4, -0.2) is 25.8 Å². The molecule has 1 aromatic rings. The van der Waals surface area contributed by atoms with Gasteiger partial charge in [0.1, 0.15) is 5.75 Å². The zero-order valence-electron chi connectivity index (χ0n) is 9.43. The second-order valence-electron chi connectivity index (χ2n) is 3.97. The van der Waals surface area contributed by atoms with Gasteiger partial charge in [0.05, 0.1) is 18.0 Å². The number of aryl methyl sites for hydroxylation is 1. The Morgan fingerprint density at radius 3 is 2.94 bits per heavy atom. The average Bonchev–Trinajstić information content (AvgIpc) is 2.32. The number of hydrogen-bond acceptors (Lipinski definition) is 4. The van der Waals surface area contributed by atoms with Crippen molar-refractivity contribution in [1.82, 2.24) is 0 Å². The fraction of sp³-hybridized carbons (Fsp3) is 0.417. The van der Waals surface area contributed by atoms with E-state index in [1.807, 2.05) is 19.2 Å². The predicted molar refractivity (Wildman–Crippen MR) is 67.9 cm³/mol. The van der Waals surface area contributed by atoms with Crippen molar-refractivity contribution < 1.29 is 9.53 Å². The van der Waals surface area contributed by atoms with E-state index in [1.165, 1.54) is 5.56 Å². The number of anilines is 1. The van der Waals surface area contributed by atoms with Gasteiger partial charge in [-0.2, -0.15) is 12.6 Å². The highest BCUT2D eigenvalue weighted by molar-refractivity contribution is 7.81. The highest BCUT2D eigenvalue weighted by atomic mass is 32.1. The van der Waals surface area contributed by atoms with Gasteiger partial charge < -0.3 is 9.64 Å². The molecule has 86 valence electrons. The van der Waals surface area contributed by atoms with Gasteiger partial charge in [-0.05, 0) is 30.5 Å². The zero-order chi connectivity index (χ0) is 11.7. The molecule has 0 aliphatic carbocycles. The lowest BCUT2D eigenvalue weighted by Gasteiger charge is -2.33. The number of carbonyl (C=O) groups excluding carboxylic acids is 1. The Balaban J connectivity index is 2.52. The third-order valence-electron chi connectivity index (χ3n) is 3.06. The molecule has 1 aromatic carbocycles. The van der Waals surface area contributed by atoms with E-state index >= 15 is 0 Å². The molecule has 1 heterocycles. The molecule has 0 amide bonds. The topological polar surface area (TPSA) is 29.5 Å². The summed E-state index contributed by atoms with van der Waals surface area (Å²) >= 11 is 4.50. The first-order valence-electron chi connectivity index (χ1n) is 5.24. The van der Waals surface area contributed by atoms with Crippen molar-refractivity contribution in [2.24, 2.45) is 0 Å². The van der Waals surface area contributed by atoms with Gasteiger partial charge in [0.25, 0.3) is 0 Å². The summed E-state index contributed by atoms with van der Waals surface area (Å²) in [4.78, 5) is 13.0. The van der Waals surface area contributed by atoms with Crippen LogP contribution < -0.4 is 9.64 Å². The Morgan fingerprint density at radius 2 is 2.31 bits per heavy atom. The molecule has 1 unspecified atom stereocenters. The fourth-order valence-electron chi connectivity index (χ4n) is 2.06. The Bertz CT molecular complexity index is 420. The molecule has 0 fully saturated rings. The van der Waals surface area contributed by atoms with Gasteiger partial charge in [-0.25, -0.2) is 0 Å². The first-order chi connectivity index (χ1) is 7.67. The lowest BCUT2D eigenvalue weighted by molar-refractivity contribution is 0.112. The van der Waals surface area contributed by atoms with E-state index in [4.69, 9.17) is 4.74 Å². The van der Waals surface area contributed by atoms with Crippen LogP contribution >= 0.6 is 12.6 Å². The molecule has 1 aliphatic rings. The monoisotopic (exact) mass is 237 g/mol. The average molecular weight is 237 g/mol. The molecule has 0 saturated heterocycles. The van der Waals surface area contributed by atoms with Gasteiger partial charge in [0.2, 0.25) is 0 Å². The van der Waals surface area contributed by atoms with Crippen LogP contribution in [0.2, 0.25) is 0 Å². The third kappa shape index (κ3) is 1.78. The van der Waals surface area contributed by atoms with Gasteiger partial charge in [-0.1, -0.05) is 0 Å². The molecule has 0 saturated carbocycles. The number of ether oxygens (including phenoxy) is 1. The Labute approximate surface area is 101 Å². The number of thiol groups is 1. The molecule has 0 N–H and O–H groups in total. The van der Waals surface area contributed by atoms with Crippen LogP contribution in [0.15, 0.2) is 12.1 Å². The molecule has 0 aromatic heterocycles. The summed E-state index contributed by atoms with van der Waals surface area (Å²) in [5, 5.41) is 0.223. The van der Waals surface area contributed by atoms with Crippen LogP contribution in [0.3, 0.4) is 0 Å². The highest BCUT2D eigenvalue weighted by Crippen LogP contribution is 2.35. The van der Waals surface area contributed by atoms with E-state index in [1.54, 1.807) is 7.11 Å². The second-order valence-corrected chi connectivity index (χ2v) is 4.57. The van der Waals surface area contributed by atoms with Crippen molar-refractivity contribution in [3.05, 3.63) is 23.3 Å². The second kappa shape index (κ2) is 4.37. The molecule has 2 rings (SSSR count). The third-order valence-corrected chi connectivity index (χ3v) is 3.66. The van der Waals surface area contributed by atoms with Gasteiger partial charge >= 0.3 is 0 Å². The first kappa shape index (κ1) is 11.3. The predicted octanol–water partition coefficient (Wildman–Crippen LogP) is 2.15. The Kier molecular flexibility index (Phi) is 3.10. The standard InChI is InChI=1S/C12H15NO2S/c1-13-10-5-9(7-14)11(15-2)6-8(10)3-4-12(13)16/h5-7,12,16H,3-4H2,1-2H3. The minimum Gasteiger partial charge on any atom is -0.496 e. The Hall–Kier alpha value is -1.16. The molecule has 16 heavy (non-hydrogen) atoms. The number of fused-ring (bicyclic) bond motifs is 1. The molecule has 0 spiro atoms. The summed E-state index contributed by atoms with van der Waals surface area (Å²) in [7, 11) is 3.58. The van der Waals surface area contributed by atoms with Crippen LogP contribution in [0, 0.1) is 0 Å². The largest absolute Gasteiger partial charge is 0.496 e. The molecular formula is C12H15NO2S. The van der Waals surface area contributed by atoms with Crippen LogP contribution in [0.25, 0.3) is 0 Å². The van der Waals surface area contributed by atoms with Crippen molar-refractivity contribution in [3.8, 4) is 5.75 Å². The van der Waals surface area contributed by atoms with Crippen molar-refractivity contribution in [1.29, 1.82) is 0 Å². The van der Waals surface area contributed by atoms with E-state index < -0.39 is 0 Å². The van der Waals surface area contributed by atoms with E-state index in [-0.39, 0.29) is 5.37 Å². The van der Waals surface area contributed by atoms with Gasteiger partial charge in [-0.15, -0.1) is 0 Å². The van der Waals surface area contributed by atoms with E-state index in [0.29, 0.717) is 11.3 Å². The highest BCUT2D eigenvalue weighted by Gasteiger charge is 2.22. The number of rotatable bonds is 2. The van der Waals surface area contributed by atoms with Gasteiger partial charge in [0, 0.05) is 12.7 Å². The number of hydrogen-bond donors (Lipinski definition) is 1. The molecule has 0 radical (unpaired) electrons. The van der Waals surface area contributed by atoms with E-state index in [2.05, 4.69) is 17.5 Å². The summed E-state index contributed by atoms with van der Waals surface area (Å²) < 4.78 is 5.20. The molecular weight excluding hydrogens is 222 g/mol. The van der Waals surface area contributed by atoms with Crippen molar-refractivity contribution >= 4 is 24.6 Å². The summed E-state index contributed by atoms with van der Waals surface area (Å²) in [5.74, 6) is 0.653. The van der Waals surface area contributed by atoms with Crippen molar-refractivity contribution in [3.63, 3.8) is 0 Å². The van der Waals surface area contributed by atoms with E-state index in [0.717, 1.165) is 24.8 Å². The van der Waals surface area contributed by atoms with Crippen LogP contribution in [0.5, 0.6) is 5.75 Å². The summed E-state index contributed by atoms with van der Waals surface area (Å²) in [6.45, 7) is 0. The number of carbonyl (C=O) groups is 1. The molecule has 4 heteroatoms. The minimum absolute atomic E-state index is 0.223. The molecule has 3 nitrogen and oxygen atoms in total. The summed E-state index contributed by atoms with van der Waals surface area (Å²) in [6, 6.07) is 3.83. The number of aldehydes is 1. The number of methoxy groups -OCH3 is 1. The van der Waals surface area contributed by atoms with Crippen LogP contribution in [0.4, 0.5) is 5.69 Å². The zero-order valence-corrected chi connectivity index (χ0v) is 10.3. The van der Waals surface area contributed by atoms with Crippen molar-refractivity contribution in [2.75, 3.05) is 19.1 Å². The van der Waals surface area contributed by atoms with Gasteiger partial charge in [-0.3, -0.25) is 4.79 Å². The van der Waals surface area contributed by atoms with Crippen LogP contribution in [-0.2, 0) is 6.42 Å². The maximum absolute atomic E-state index is 10.9. The summed E-state index contributed by atoms with van der Waals surface area (Å²) in [6.07, 6.45) is 2.81. The Morgan fingerprint density at radius 1 is 1.56 bits per heavy atom. The molecule has 1 atom stereocenters. The van der Waals surface area contributed by atoms with Crippen LogP contribution in [0.1, 0.15) is 22.3 Å². The lowest BCUT2D eigenvalue weighted by atomic mass is 9.99. The maximum Gasteiger partial charge on any atom is 0.153 e. The SMILES string of the molecule is COc1cc2c(cc1C=O)N(C)C(S)CC2. The summed E-state index contributed by atoms with van der Waals surface area (Å²) in [5.41, 5.74) is 2.89. The molecule has 1 aliphatic heterocycles. The number of nitrogens with zero attached hydrogens (tertiary/aromatic N) is 1. The van der Waals surface area contributed by atoms with E-state index in [9.17, 15) is 4.79 Å². The molecule has 0 bridgehead atoms. The smallest absolute Gasteiger partial charge is 0.153 e. The first-order valence-corrected chi connectivity index (χ1v) is 5.76. The van der Waals surface area contributed by atoms with Gasteiger partial charge in [0.15, 0.2) is 6.29 Å². The fourth-order valence-corrected chi connectivity index (χ4v) is 2.32. The number of benzene rings is 1. The van der Waals surface area contributed by atoms with Crippen molar-refractivity contribution in [2.45, 2.75) is 18.2 Å². The normalized spacial score (nSPS) is 19.2. The lowest BCUT2D eigenvalue weighted by Crippen LogP contribution is -2.32. The minimum atomic E-state index is 0.223. The quantitative estimate of drug-likeness (QED) is 0.631. The maximum atomic E-state index is 10.9.